The maximum atomic E-state index is 3.57. The summed E-state index contributed by atoms with van der Waals surface area (Å²) < 4.78 is 0. The van der Waals surface area contributed by atoms with E-state index in [-0.39, 0.29) is 0 Å². The molecule has 0 aromatic carbocycles. The molecule has 0 radical (unpaired) electrons. The lowest BCUT2D eigenvalue weighted by atomic mass is 9.63. The van der Waals surface area contributed by atoms with Gasteiger partial charge >= 0.3 is 0 Å². The minimum Gasteiger partial charge on any atom is -0.315 e. The van der Waals surface area contributed by atoms with Crippen LogP contribution in [-0.4, -0.2) is 12.6 Å². The molecule has 2 atom stereocenters. The molecule has 1 fully saturated rings. The van der Waals surface area contributed by atoms with Crippen molar-refractivity contribution in [3.05, 3.63) is 0 Å². The van der Waals surface area contributed by atoms with Crippen LogP contribution in [0.2, 0.25) is 0 Å². The van der Waals surface area contributed by atoms with Crippen molar-refractivity contribution < 1.29 is 0 Å². The summed E-state index contributed by atoms with van der Waals surface area (Å²) in [7, 11) is 0. The molecule has 1 aliphatic rings. The van der Waals surface area contributed by atoms with E-state index in [0.29, 0.717) is 11.5 Å². The van der Waals surface area contributed by atoms with Gasteiger partial charge in [0.2, 0.25) is 0 Å². The zero-order valence-electron chi connectivity index (χ0n) is 12.7. The highest BCUT2D eigenvalue weighted by molar-refractivity contribution is 4.86. The molecule has 1 heteroatoms. The summed E-state index contributed by atoms with van der Waals surface area (Å²) >= 11 is 0. The highest BCUT2D eigenvalue weighted by atomic mass is 14.9. The Morgan fingerprint density at radius 2 is 1.82 bits per heavy atom. The topological polar surface area (TPSA) is 12.0 Å². The standard InChI is InChI=1S/C16H33N/c1-6-14-9-7-8-10-15(14)16(4,5)11-12-17-13(2)3/h13-15,17H,6-12H2,1-5H3. The van der Waals surface area contributed by atoms with Gasteiger partial charge in [0.05, 0.1) is 0 Å². The summed E-state index contributed by atoms with van der Waals surface area (Å²) in [6.45, 7) is 13.0. The van der Waals surface area contributed by atoms with E-state index in [1.54, 1.807) is 0 Å². The maximum Gasteiger partial charge on any atom is 0.00103 e. The van der Waals surface area contributed by atoms with Gasteiger partial charge in [-0.2, -0.15) is 0 Å². The third-order valence-corrected chi connectivity index (χ3v) is 4.76. The first-order valence-corrected chi connectivity index (χ1v) is 7.70. The van der Waals surface area contributed by atoms with Crippen molar-refractivity contribution >= 4 is 0 Å². The van der Waals surface area contributed by atoms with Crippen LogP contribution in [-0.2, 0) is 0 Å². The van der Waals surface area contributed by atoms with E-state index < -0.39 is 0 Å². The van der Waals surface area contributed by atoms with Crippen LogP contribution in [0.4, 0.5) is 0 Å². The Hall–Kier alpha value is -0.0400. The largest absolute Gasteiger partial charge is 0.315 e. The molecule has 17 heavy (non-hydrogen) atoms. The van der Waals surface area contributed by atoms with Gasteiger partial charge in [0.1, 0.15) is 0 Å². The Kier molecular flexibility index (Phi) is 5.99. The van der Waals surface area contributed by atoms with Crippen LogP contribution in [0.3, 0.4) is 0 Å². The Morgan fingerprint density at radius 1 is 1.18 bits per heavy atom. The van der Waals surface area contributed by atoms with E-state index in [1.165, 1.54) is 45.1 Å². The Balaban J connectivity index is 2.48. The molecule has 1 N–H and O–H groups in total. The maximum absolute atomic E-state index is 3.57. The van der Waals surface area contributed by atoms with Gasteiger partial charge in [-0.05, 0) is 36.6 Å². The molecule has 0 amide bonds. The lowest BCUT2D eigenvalue weighted by Gasteiger charge is -2.42. The van der Waals surface area contributed by atoms with Crippen molar-refractivity contribution in [1.82, 2.24) is 5.32 Å². The zero-order valence-corrected chi connectivity index (χ0v) is 12.7. The molecule has 2 unspecified atom stereocenters. The minimum absolute atomic E-state index is 0.517. The fraction of sp³-hybridized carbons (Fsp3) is 1.00. The molecule has 1 nitrogen and oxygen atoms in total. The first kappa shape index (κ1) is 15.0. The highest BCUT2D eigenvalue weighted by Crippen LogP contribution is 2.45. The fourth-order valence-electron chi connectivity index (χ4n) is 3.59. The second-order valence-electron chi connectivity index (χ2n) is 6.91. The van der Waals surface area contributed by atoms with E-state index >= 15 is 0 Å². The molecule has 0 aromatic rings. The molecule has 1 saturated carbocycles. The summed E-state index contributed by atoms with van der Waals surface area (Å²) in [4.78, 5) is 0. The van der Waals surface area contributed by atoms with Crippen LogP contribution in [0.1, 0.15) is 73.1 Å². The van der Waals surface area contributed by atoms with Crippen LogP contribution in [0.5, 0.6) is 0 Å². The Labute approximate surface area is 109 Å². The van der Waals surface area contributed by atoms with E-state index in [9.17, 15) is 0 Å². The van der Waals surface area contributed by atoms with Crippen LogP contribution < -0.4 is 5.32 Å². The number of nitrogens with one attached hydrogen (secondary N) is 1. The minimum atomic E-state index is 0.517. The van der Waals surface area contributed by atoms with Gasteiger partial charge in [0, 0.05) is 6.04 Å². The second-order valence-corrected chi connectivity index (χ2v) is 6.91. The first-order chi connectivity index (χ1) is 7.97. The molecular weight excluding hydrogens is 206 g/mol. The van der Waals surface area contributed by atoms with Crippen LogP contribution in [0.15, 0.2) is 0 Å². The van der Waals surface area contributed by atoms with Gasteiger partial charge < -0.3 is 5.32 Å². The van der Waals surface area contributed by atoms with Crippen molar-refractivity contribution in [2.45, 2.75) is 79.2 Å². The summed E-state index contributed by atoms with van der Waals surface area (Å²) in [6, 6.07) is 0.624. The van der Waals surface area contributed by atoms with E-state index in [4.69, 9.17) is 0 Å². The van der Waals surface area contributed by atoms with Crippen LogP contribution in [0.25, 0.3) is 0 Å². The molecule has 0 aromatic heterocycles. The van der Waals surface area contributed by atoms with Crippen LogP contribution >= 0.6 is 0 Å². The predicted octanol–water partition coefficient (Wildman–Crippen LogP) is 4.62. The normalized spacial score (nSPS) is 26.5. The monoisotopic (exact) mass is 239 g/mol. The Bertz CT molecular complexity index is 208. The Morgan fingerprint density at radius 3 is 2.41 bits per heavy atom. The molecule has 1 aliphatic carbocycles. The SMILES string of the molecule is CCC1CCCCC1C(C)(C)CCNC(C)C. The summed E-state index contributed by atoms with van der Waals surface area (Å²) in [6.07, 6.45) is 8.57. The molecule has 0 spiro atoms. The summed E-state index contributed by atoms with van der Waals surface area (Å²) in [5.41, 5.74) is 0.517. The molecule has 0 saturated heterocycles. The third-order valence-electron chi connectivity index (χ3n) is 4.76. The van der Waals surface area contributed by atoms with Gasteiger partial charge in [-0.25, -0.2) is 0 Å². The number of hydrogen-bond acceptors (Lipinski definition) is 1. The molecule has 102 valence electrons. The van der Waals surface area contributed by atoms with E-state index in [2.05, 4.69) is 39.9 Å². The van der Waals surface area contributed by atoms with Crippen molar-refractivity contribution in [2.24, 2.45) is 17.3 Å². The van der Waals surface area contributed by atoms with Gasteiger partial charge in [-0.1, -0.05) is 60.3 Å². The zero-order chi connectivity index (χ0) is 12.9. The second kappa shape index (κ2) is 6.78. The first-order valence-electron chi connectivity index (χ1n) is 7.70. The van der Waals surface area contributed by atoms with Gasteiger partial charge in [0.15, 0.2) is 0 Å². The average Bonchev–Trinajstić information content (AvgIpc) is 2.28. The quantitative estimate of drug-likeness (QED) is 0.713. The van der Waals surface area contributed by atoms with Crippen molar-refractivity contribution in [3.8, 4) is 0 Å². The lowest BCUT2D eigenvalue weighted by molar-refractivity contribution is 0.0811. The molecule has 1 rings (SSSR count). The summed E-state index contributed by atoms with van der Waals surface area (Å²) in [5, 5.41) is 3.57. The van der Waals surface area contributed by atoms with Crippen molar-refractivity contribution in [2.75, 3.05) is 6.54 Å². The van der Waals surface area contributed by atoms with E-state index in [1.807, 2.05) is 0 Å². The lowest BCUT2D eigenvalue weighted by Crippen LogP contribution is -2.36. The van der Waals surface area contributed by atoms with E-state index in [0.717, 1.165) is 11.8 Å². The van der Waals surface area contributed by atoms with Gasteiger partial charge in [0.25, 0.3) is 0 Å². The molecule has 0 heterocycles. The van der Waals surface area contributed by atoms with Gasteiger partial charge in [-0.15, -0.1) is 0 Å². The summed E-state index contributed by atoms with van der Waals surface area (Å²) in [5.74, 6) is 1.94. The third kappa shape index (κ3) is 4.62. The molecule has 0 aliphatic heterocycles. The van der Waals surface area contributed by atoms with Crippen molar-refractivity contribution in [3.63, 3.8) is 0 Å². The van der Waals surface area contributed by atoms with Crippen molar-refractivity contribution in [1.29, 1.82) is 0 Å². The number of rotatable bonds is 6. The molecular formula is C16H33N. The number of hydrogen-bond donors (Lipinski definition) is 1. The fourth-order valence-corrected chi connectivity index (χ4v) is 3.59. The highest BCUT2D eigenvalue weighted by Gasteiger charge is 2.35. The average molecular weight is 239 g/mol. The van der Waals surface area contributed by atoms with Gasteiger partial charge in [-0.3, -0.25) is 0 Å². The predicted molar refractivity (Wildman–Crippen MR) is 77.3 cm³/mol. The molecule has 0 bridgehead atoms. The van der Waals surface area contributed by atoms with Crippen LogP contribution in [0, 0.1) is 17.3 Å². The smallest absolute Gasteiger partial charge is 0.00103 e.